The zero-order valence-corrected chi connectivity index (χ0v) is 17.9. The summed E-state index contributed by atoms with van der Waals surface area (Å²) >= 11 is 0. The Kier molecular flexibility index (Phi) is 6.51. The second-order valence-corrected chi connectivity index (χ2v) is 8.72. The summed E-state index contributed by atoms with van der Waals surface area (Å²) in [6.07, 6.45) is 5.97. The Labute approximate surface area is 182 Å². The van der Waals surface area contributed by atoms with Gasteiger partial charge < -0.3 is 15.7 Å². The maximum Gasteiger partial charge on any atom is 0.251 e. The van der Waals surface area contributed by atoms with E-state index in [-0.39, 0.29) is 30.2 Å². The third-order valence-corrected chi connectivity index (χ3v) is 6.37. The first-order chi connectivity index (χ1) is 15.0. The van der Waals surface area contributed by atoms with Gasteiger partial charge in [0.05, 0.1) is 18.8 Å². The van der Waals surface area contributed by atoms with Gasteiger partial charge in [0.25, 0.3) is 5.91 Å². The average Bonchev–Trinajstić information content (AvgIpc) is 2.75. The number of carbonyl (C=O) groups is 2. The van der Waals surface area contributed by atoms with Gasteiger partial charge in [-0.3, -0.25) is 19.5 Å². The lowest BCUT2D eigenvalue weighted by atomic mass is 9.82. The van der Waals surface area contributed by atoms with Gasteiger partial charge in [0.2, 0.25) is 5.91 Å². The summed E-state index contributed by atoms with van der Waals surface area (Å²) in [5, 5.41) is 15.1. The Morgan fingerprint density at radius 1 is 1.13 bits per heavy atom. The fraction of sp³-hybridized carbons (Fsp3) is 0.458. The summed E-state index contributed by atoms with van der Waals surface area (Å²) in [6.45, 7) is 3.66. The fourth-order valence-corrected chi connectivity index (χ4v) is 4.61. The van der Waals surface area contributed by atoms with E-state index in [1.165, 1.54) is 6.20 Å². The number of aromatic nitrogens is 1. The van der Waals surface area contributed by atoms with Gasteiger partial charge in [0.1, 0.15) is 5.75 Å². The maximum atomic E-state index is 12.2. The quantitative estimate of drug-likeness (QED) is 0.664. The molecule has 2 heterocycles. The molecule has 7 heteroatoms. The van der Waals surface area contributed by atoms with Crippen molar-refractivity contribution in [2.45, 2.75) is 50.6 Å². The number of carbonyl (C=O) groups excluding carboxylic acids is 2. The number of benzene rings is 1. The molecule has 164 valence electrons. The van der Waals surface area contributed by atoms with E-state index in [2.05, 4.69) is 20.5 Å². The number of likely N-dealkylation sites (tertiary alicyclic amines) is 1. The van der Waals surface area contributed by atoms with E-state index >= 15 is 0 Å². The summed E-state index contributed by atoms with van der Waals surface area (Å²) in [4.78, 5) is 31.1. The summed E-state index contributed by atoms with van der Waals surface area (Å²) < 4.78 is 0. The van der Waals surface area contributed by atoms with Crippen LogP contribution in [0.15, 0.2) is 42.6 Å². The van der Waals surface area contributed by atoms with E-state index in [0.717, 1.165) is 50.0 Å². The summed E-state index contributed by atoms with van der Waals surface area (Å²) in [5.74, 6) is 0.299. The fourth-order valence-electron chi connectivity index (χ4n) is 4.61. The molecule has 7 nitrogen and oxygen atoms in total. The Morgan fingerprint density at radius 2 is 1.90 bits per heavy atom. The molecular weight excluding hydrogens is 392 g/mol. The molecule has 1 saturated carbocycles. The van der Waals surface area contributed by atoms with Crippen LogP contribution in [-0.4, -0.2) is 58.5 Å². The van der Waals surface area contributed by atoms with Crippen LogP contribution in [-0.2, 0) is 4.79 Å². The number of hydrogen-bond acceptors (Lipinski definition) is 5. The molecule has 0 radical (unpaired) electrons. The number of nitrogens with one attached hydrogen (secondary N) is 2. The van der Waals surface area contributed by atoms with E-state index in [1.807, 2.05) is 31.2 Å². The lowest BCUT2D eigenvalue weighted by Gasteiger charge is -2.46. The predicted molar refractivity (Wildman–Crippen MR) is 118 cm³/mol. The summed E-state index contributed by atoms with van der Waals surface area (Å²) in [5.41, 5.74) is 2.65. The molecule has 0 unspecified atom stereocenters. The average molecular weight is 423 g/mol. The maximum absolute atomic E-state index is 12.2. The van der Waals surface area contributed by atoms with Gasteiger partial charge in [-0.05, 0) is 56.9 Å². The minimum atomic E-state index is -0.228. The van der Waals surface area contributed by atoms with Crippen molar-refractivity contribution in [1.82, 2.24) is 20.5 Å². The van der Waals surface area contributed by atoms with Crippen LogP contribution in [0.1, 0.15) is 53.2 Å². The van der Waals surface area contributed by atoms with Gasteiger partial charge in [-0.2, -0.15) is 0 Å². The van der Waals surface area contributed by atoms with Gasteiger partial charge in [-0.15, -0.1) is 0 Å². The van der Waals surface area contributed by atoms with Crippen molar-refractivity contribution in [3.63, 3.8) is 0 Å². The van der Waals surface area contributed by atoms with Crippen molar-refractivity contribution in [2.75, 3.05) is 19.6 Å². The molecule has 0 spiro atoms. The topological polar surface area (TPSA) is 94.6 Å². The van der Waals surface area contributed by atoms with Crippen LogP contribution >= 0.6 is 0 Å². The molecule has 3 N–H and O–H groups in total. The van der Waals surface area contributed by atoms with Crippen LogP contribution in [0.25, 0.3) is 0 Å². The number of amides is 2. The number of aromatic hydroxyl groups is 1. The molecule has 1 saturated heterocycles. The second kappa shape index (κ2) is 9.47. The molecule has 2 aromatic rings. The molecule has 2 aliphatic rings. The molecular formula is C24H30N4O3. The van der Waals surface area contributed by atoms with Gasteiger partial charge in [-0.1, -0.05) is 17.7 Å². The third kappa shape index (κ3) is 5.41. The molecule has 31 heavy (non-hydrogen) atoms. The van der Waals surface area contributed by atoms with Crippen molar-refractivity contribution in [3.8, 4) is 5.75 Å². The molecule has 1 aliphatic heterocycles. The highest BCUT2D eigenvalue weighted by atomic mass is 16.3. The second-order valence-electron chi connectivity index (χ2n) is 8.72. The van der Waals surface area contributed by atoms with Gasteiger partial charge in [0, 0.05) is 36.3 Å². The summed E-state index contributed by atoms with van der Waals surface area (Å²) in [7, 11) is 0. The number of rotatable bonds is 6. The van der Waals surface area contributed by atoms with Gasteiger partial charge in [0.15, 0.2) is 0 Å². The Bertz CT molecular complexity index is 917. The first-order valence-electron chi connectivity index (χ1n) is 11.0. The third-order valence-electron chi connectivity index (χ3n) is 6.37. The van der Waals surface area contributed by atoms with Crippen LogP contribution in [0.2, 0.25) is 0 Å². The van der Waals surface area contributed by atoms with Crippen molar-refractivity contribution < 1.29 is 14.7 Å². The van der Waals surface area contributed by atoms with Crippen LogP contribution in [0.5, 0.6) is 5.75 Å². The molecule has 1 aromatic carbocycles. The van der Waals surface area contributed by atoms with Gasteiger partial charge >= 0.3 is 0 Å². The molecule has 2 fully saturated rings. The smallest absolute Gasteiger partial charge is 0.251 e. The highest BCUT2D eigenvalue weighted by molar-refractivity contribution is 5.96. The van der Waals surface area contributed by atoms with E-state index < -0.39 is 0 Å². The Hall–Kier alpha value is -2.93. The van der Waals surface area contributed by atoms with E-state index in [9.17, 15) is 14.7 Å². The molecule has 0 bridgehead atoms. The first-order valence-corrected chi connectivity index (χ1v) is 11.0. The minimum Gasteiger partial charge on any atom is -0.506 e. The highest BCUT2D eigenvalue weighted by Crippen LogP contribution is 2.35. The van der Waals surface area contributed by atoms with Crippen LogP contribution in [0.3, 0.4) is 0 Å². The number of hydrogen-bond donors (Lipinski definition) is 3. The van der Waals surface area contributed by atoms with Crippen LogP contribution in [0, 0.1) is 6.92 Å². The zero-order chi connectivity index (χ0) is 21.8. The highest BCUT2D eigenvalue weighted by Gasteiger charge is 2.35. The zero-order valence-electron chi connectivity index (χ0n) is 17.9. The van der Waals surface area contributed by atoms with Crippen molar-refractivity contribution >= 4 is 11.8 Å². The largest absolute Gasteiger partial charge is 0.506 e. The molecule has 0 atom stereocenters. The lowest BCUT2D eigenvalue weighted by Crippen LogP contribution is -2.63. The van der Waals surface area contributed by atoms with Crippen molar-refractivity contribution in [2.24, 2.45) is 0 Å². The predicted octanol–water partition coefficient (Wildman–Crippen LogP) is 2.35. The Balaban J connectivity index is 1.14. The monoisotopic (exact) mass is 422 g/mol. The molecule has 4 rings (SSSR count). The lowest BCUT2D eigenvalue weighted by molar-refractivity contribution is -0.122. The molecule has 2 amide bonds. The van der Waals surface area contributed by atoms with E-state index in [0.29, 0.717) is 17.5 Å². The van der Waals surface area contributed by atoms with Gasteiger partial charge in [-0.25, -0.2) is 0 Å². The SMILES string of the molecule is Cc1cccc(C(=O)NCC(=O)NC2CN([C@H]3CC[C@@H](c4ccc(O)cn4)CC3)C2)c1. The van der Waals surface area contributed by atoms with Crippen LogP contribution < -0.4 is 10.6 Å². The van der Waals surface area contributed by atoms with E-state index in [4.69, 9.17) is 0 Å². The minimum absolute atomic E-state index is 0.00594. The summed E-state index contributed by atoms with van der Waals surface area (Å²) in [6, 6.07) is 11.7. The number of pyridine rings is 1. The van der Waals surface area contributed by atoms with Crippen molar-refractivity contribution in [1.29, 1.82) is 0 Å². The van der Waals surface area contributed by atoms with E-state index in [1.54, 1.807) is 12.1 Å². The Morgan fingerprint density at radius 3 is 2.58 bits per heavy atom. The number of nitrogens with zero attached hydrogens (tertiary/aromatic N) is 2. The van der Waals surface area contributed by atoms with Crippen molar-refractivity contribution in [3.05, 3.63) is 59.4 Å². The standard InChI is InChI=1S/C24H30N4O3/c1-16-3-2-4-18(11-16)24(31)26-13-23(30)27-19-14-28(15-19)20-7-5-17(6-8-20)22-10-9-21(29)12-25-22/h2-4,9-12,17,19-20,29H,5-8,13-15H2,1H3,(H,26,31)(H,27,30)/t17-,20+. The molecule has 1 aliphatic carbocycles. The number of aryl methyl sites for hydroxylation is 1. The normalized spacial score (nSPS) is 21.8. The first kappa shape index (κ1) is 21.3. The molecule has 1 aromatic heterocycles. The van der Waals surface area contributed by atoms with Crippen LogP contribution in [0.4, 0.5) is 0 Å².